The topological polar surface area (TPSA) is 77.8 Å². The summed E-state index contributed by atoms with van der Waals surface area (Å²) in [5, 5.41) is 2.80. The maximum Gasteiger partial charge on any atom is 0.374 e. The molecule has 6 heteroatoms. The second-order valence-corrected chi connectivity index (χ2v) is 5.52. The standard InChI is InChI=1S/C19H23NO5/c1-3-14(4-2)20-18(21)13-24-19(22)17-11-10-16(25-17)12-23-15-8-6-5-7-9-15/h5-11,14H,3-4,12-13H2,1-2H3,(H,20,21). The molecule has 0 aliphatic rings. The Labute approximate surface area is 147 Å². The van der Waals surface area contributed by atoms with Gasteiger partial charge in [0, 0.05) is 6.04 Å². The number of ether oxygens (including phenoxy) is 2. The van der Waals surface area contributed by atoms with Gasteiger partial charge >= 0.3 is 5.97 Å². The molecule has 2 rings (SSSR count). The van der Waals surface area contributed by atoms with Crippen LogP contribution in [0.5, 0.6) is 5.75 Å². The summed E-state index contributed by atoms with van der Waals surface area (Å²) in [5.74, 6) is 0.257. The zero-order valence-corrected chi connectivity index (χ0v) is 14.5. The molecule has 0 spiro atoms. The highest BCUT2D eigenvalue weighted by molar-refractivity contribution is 5.88. The van der Waals surface area contributed by atoms with Crippen molar-refractivity contribution in [2.24, 2.45) is 0 Å². The molecule has 25 heavy (non-hydrogen) atoms. The average molecular weight is 345 g/mol. The zero-order valence-electron chi connectivity index (χ0n) is 14.5. The van der Waals surface area contributed by atoms with Crippen molar-refractivity contribution in [1.29, 1.82) is 0 Å². The Kier molecular flexibility index (Phi) is 7.07. The lowest BCUT2D eigenvalue weighted by Gasteiger charge is -2.14. The van der Waals surface area contributed by atoms with Crippen LogP contribution in [0.4, 0.5) is 0 Å². The molecule has 6 nitrogen and oxygen atoms in total. The van der Waals surface area contributed by atoms with Gasteiger partial charge in [-0.15, -0.1) is 0 Å². The van der Waals surface area contributed by atoms with Crippen molar-refractivity contribution in [3.63, 3.8) is 0 Å². The van der Waals surface area contributed by atoms with Crippen LogP contribution in [0.2, 0.25) is 0 Å². The van der Waals surface area contributed by atoms with Crippen LogP contribution in [0.3, 0.4) is 0 Å². The van der Waals surface area contributed by atoms with Crippen molar-refractivity contribution in [3.05, 3.63) is 54.0 Å². The van der Waals surface area contributed by atoms with Gasteiger partial charge < -0.3 is 19.2 Å². The molecular weight excluding hydrogens is 322 g/mol. The van der Waals surface area contributed by atoms with Gasteiger partial charge in [-0.2, -0.15) is 0 Å². The first-order valence-corrected chi connectivity index (χ1v) is 8.35. The molecule has 1 aromatic carbocycles. The predicted molar refractivity (Wildman–Crippen MR) is 92.3 cm³/mol. The van der Waals surface area contributed by atoms with E-state index < -0.39 is 5.97 Å². The van der Waals surface area contributed by atoms with E-state index in [1.54, 1.807) is 6.07 Å². The van der Waals surface area contributed by atoms with Crippen LogP contribution in [-0.4, -0.2) is 24.5 Å². The van der Waals surface area contributed by atoms with E-state index in [4.69, 9.17) is 13.9 Å². The number of hydrogen-bond acceptors (Lipinski definition) is 5. The summed E-state index contributed by atoms with van der Waals surface area (Å²) in [6.45, 7) is 3.85. The SMILES string of the molecule is CCC(CC)NC(=O)COC(=O)c1ccc(COc2ccccc2)o1. The molecule has 0 aliphatic heterocycles. The quantitative estimate of drug-likeness (QED) is 0.706. The maximum absolute atomic E-state index is 11.9. The number of para-hydroxylation sites is 1. The van der Waals surface area contributed by atoms with Gasteiger partial charge in [0.15, 0.2) is 6.61 Å². The summed E-state index contributed by atoms with van der Waals surface area (Å²) in [6.07, 6.45) is 1.66. The van der Waals surface area contributed by atoms with E-state index in [0.29, 0.717) is 11.5 Å². The van der Waals surface area contributed by atoms with Crippen LogP contribution in [0, 0.1) is 0 Å². The molecule has 1 heterocycles. The second kappa shape index (κ2) is 9.52. The Balaban J connectivity index is 1.78. The fourth-order valence-electron chi connectivity index (χ4n) is 2.20. The molecule has 134 valence electrons. The number of benzene rings is 1. The third kappa shape index (κ3) is 5.99. The van der Waals surface area contributed by atoms with E-state index in [1.807, 2.05) is 44.2 Å². The summed E-state index contributed by atoms with van der Waals surface area (Å²) in [4.78, 5) is 23.7. The Morgan fingerprint density at radius 1 is 1.08 bits per heavy atom. The second-order valence-electron chi connectivity index (χ2n) is 5.52. The number of carbonyl (C=O) groups excluding carboxylic acids is 2. The monoisotopic (exact) mass is 345 g/mol. The third-order valence-electron chi connectivity index (χ3n) is 3.67. The third-order valence-corrected chi connectivity index (χ3v) is 3.67. The molecule has 0 saturated carbocycles. The highest BCUT2D eigenvalue weighted by atomic mass is 16.6. The van der Waals surface area contributed by atoms with Crippen molar-refractivity contribution < 1.29 is 23.5 Å². The Morgan fingerprint density at radius 3 is 2.48 bits per heavy atom. The van der Waals surface area contributed by atoms with Gasteiger partial charge in [0.2, 0.25) is 5.76 Å². The Bertz CT molecular complexity index is 676. The minimum absolute atomic E-state index is 0.0435. The summed E-state index contributed by atoms with van der Waals surface area (Å²) < 4.78 is 15.9. The van der Waals surface area contributed by atoms with E-state index in [9.17, 15) is 9.59 Å². The molecule has 0 radical (unpaired) electrons. The molecule has 1 amide bonds. The van der Waals surface area contributed by atoms with Gasteiger partial charge in [-0.05, 0) is 37.1 Å². The van der Waals surface area contributed by atoms with Gasteiger partial charge in [-0.3, -0.25) is 4.79 Å². The lowest BCUT2D eigenvalue weighted by atomic mass is 10.2. The van der Waals surface area contributed by atoms with Crippen molar-refractivity contribution in [2.45, 2.75) is 39.3 Å². The summed E-state index contributed by atoms with van der Waals surface area (Å²) in [7, 11) is 0. The molecule has 2 aromatic rings. The van der Waals surface area contributed by atoms with E-state index in [1.165, 1.54) is 6.07 Å². The summed E-state index contributed by atoms with van der Waals surface area (Å²) in [6, 6.07) is 12.5. The fraction of sp³-hybridized carbons (Fsp3) is 0.368. The largest absolute Gasteiger partial charge is 0.486 e. The van der Waals surface area contributed by atoms with Crippen LogP contribution in [0.25, 0.3) is 0 Å². The molecule has 1 N–H and O–H groups in total. The van der Waals surface area contributed by atoms with Crippen LogP contribution in [-0.2, 0) is 16.1 Å². The number of hydrogen-bond donors (Lipinski definition) is 1. The molecule has 0 fully saturated rings. The van der Waals surface area contributed by atoms with Crippen LogP contribution >= 0.6 is 0 Å². The zero-order chi connectivity index (χ0) is 18.1. The smallest absolute Gasteiger partial charge is 0.374 e. The Hall–Kier alpha value is -2.76. The first-order chi connectivity index (χ1) is 12.1. The summed E-state index contributed by atoms with van der Waals surface area (Å²) >= 11 is 0. The average Bonchev–Trinajstić information content (AvgIpc) is 3.12. The highest BCUT2D eigenvalue weighted by Gasteiger charge is 2.16. The van der Waals surface area contributed by atoms with E-state index in [-0.39, 0.29) is 30.9 Å². The molecule has 1 aromatic heterocycles. The van der Waals surface area contributed by atoms with Crippen LogP contribution in [0.1, 0.15) is 43.0 Å². The first kappa shape index (κ1) is 18.6. The minimum atomic E-state index is -0.675. The molecule has 0 aliphatic carbocycles. The number of carbonyl (C=O) groups is 2. The molecule has 0 saturated heterocycles. The van der Waals surface area contributed by atoms with Gasteiger partial charge in [-0.25, -0.2) is 4.79 Å². The fourth-order valence-corrected chi connectivity index (χ4v) is 2.20. The maximum atomic E-state index is 11.9. The predicted octanol–water partition coefficient (Wildman–Crippen LogP) is 3.32. The molecule has 0 bridgehead atoms. The molecule has 0 atom stereocenters. The summed E-state index contributed by atoms with van der Waals surface area (Å²) in [5.41, 5.74) is 0. The van der Waals surface area contributed by atoms with Crippen molar-refractivity contribution in [2.75, 3.05) is 6.61 Å². The van der Waals surface area contributed by atoms with Gasteiger partial charge in [0.1, 0.15) is 18.1 Å². The normalized spacial score (nSPS) is 10.5. The number of furan rings is 1. The highest BCUT2D eigenvalue weighted by Crippen LogP contribution is 2.14. The first-order valence-electron chi connectivity index (χ1n) is 8.35. The van der Waals surface area contributed by atoms with Crippen LogP contribution < -0.4 is 10.1 Å². The minimum Gasteiger partial charge on any atom is -0.486 e. The van der Waals surface area contributed by atoms with Gasteiger partial charge in [0.25, 0.3) is 5.91 Å². The Morgan fingerprint density at radius 2 is 1.80 bits per heavy atom. The van der Waals surface area contributed by atoms with E-state index >= 15 is 0 Å². The number of esters is 1. The number of nitrogens with one attached hydrogen (secondary N) is 1. The lowest BCUT2D eigenvalue weighted by molar-refractivity contribution is -0.125. The van der Waals surface area contributed by atoms with Crippen LogP contribution in [0.15, 0.2) is 46.9 Å². The van der Waals surface area contributed by atoms with Gasteiger partial charge in [0.05, 0.1) is 0 Å². The number of amides is 1. The van der Waals surface area contributed by atoms with Crippen molar-refractivity contribution >= 4 is 11.9 Å². The van der Waals surface area contributed by atoms with Crippen molar-refractivity contribution in [1.82, 2.24) is 5.32 Å². The number of rotatable bonds is 9. The molecular formula is C19H23NO5. The molecule has 0 unspecified atom stereocenters. The van der Waals surface area contributed by atoms with Crippen molar-refractivity contribution in [3.8, 4) is 5.75 Å². The van der Waals surface area contributed by atoms with E-state index in [0.717, 1.165) is 12.8 Å². The lowest BCUT2D eigenvalue weighted by Crippen LogP contribution is -2.36. The van der Waals surface area contributed by atoms with Gasteiger partial charge in [-0.1, -0.05) is 32.0 Å². The van der Waals surface area contributed by atoms with E-state index in [2.05, 4.69) is 5.32 Å².